The Kier molecular flexibility index (Phi) is 5.50. The third-order valence-electron chi connectivity index (χ3n) is 3.47. The number of aromatic nitrogens is 5. The van der Waals surface area contributed by atoms with Crippen LogP contribution in [0.25, 0.3) is 0 Å². The van der Waals surface area contributed by atoms with Crippen LogP contribution < -0.4 is 5.32 Å². The molecule has 0 fully saturated rings. The molecule has 116 valence electrons. The highest BCUT2D eigenvalue weighted by Crippen LogP contribution is 2.17. The molecule has 0 amide bonds. The lowest BCUT2D eigenvalue weighted by Crippen LogP contribution is -2.27. The first-order chi connectivity index (χ1) is 10.1. The van der Waals surface area contributed by atoms with Crippen LogP contribution in [-0.4, -0.2) is 30.9 Å². The van der Waals surface area contributed by atoms with E-state index in [0.717, 1.165) is 31.8 Å². The number of nitrogens with one attached hydrogen (secondary N) is 1. The van der Waals surface area contributed by atoms with Crippen molar-refractivity contribution in [2.45, 2.75) is 46.2 Å². The maximum atomic E-state index is 4.44. The van der Waals surface area contributed by atoms with Gasteiger partial charge in [0.25, 0.3) is 0 Å². The van der Waals surface area contributed by atoms with Gasteiger partial charge in [-0.15, -0.1) is 0 Å². The Labute approximate surface area is 126 Å². The Morgan fingerprint density at radius 1 is 1.33 bits per heavy atom. The van der Waals surface area contributed by atoms with E-state index >= 15 is 0 Å². The lowest BCUT2D eigenvalue weighted by atomic mass is 10.1. The van der Waals surface area contributed by atoms with Gasteiger partial charge in [-0.3, -0.25) is 0 Å². The van der Waals surface area contributed by atoms with E-state index in [0.29, 0.717) is 5.92 Å². The molecule has 0 spiro atoms. The molecular formula is C15H26N6. The van der Waals surface area contributed by atoms with Crippen molar-refractivity contribution in [2.24, 2.45) is 13.0 Å². The minimum absolute atomic E-state index is 0.215. The molecule has 0 saturated carbocycles. The van der Waals surface area contributed by atoms with Crippen LogP contribution in [0, 0.1) is 5.92 Å². The number of rotatable bonds is 8. The molecule has 0 radical (unpaired) electrons. The van der Waals surface area contributed by atoms with E-state index in [1.807, 2.05) is 24.3 Å². The molecule has 0 aliphatic rings. The number of aryl methyl sites for hydroxylation is 1. The molecule has 2 aromatic rings. The van der Waals surface area contributed by atoms with E-state index in [-0.39, 0.29) is 6.04 Å². The van der Waals surface area contributed by atoms with Crippen molar-refractivity contribution in [1.29, 1.82) is 0 Å². The molecule has 1 unspecified atom stereocenters. The highest BCUT2D eigenvalue weighted by Gasteiger charge is 2.18. The number of hydrogen-bond acceptors (Lipinski definition) is 4. The lowest BCUT2D eigenvalue weighted by Gasteiger charge is -2.19. The number of nitrogens with zero attached hydrogens (tertiary/aromatic N) is 5. The van der Waals surface area contributed by atoms with Gasteiger partial charge in [-0.25, -0.2) is 14.6 Å². The summed E-state index contributed by atoms with van der Waals surface area (Å²) in [7, 11) is 2.03. The highest BCUT2D eigenvalue weighted by atomic mass is 15.3. The van der Waals surface area contributed by atoms with E-state index < -0.39 is 0 Å². The summed E-state index contributed by atoms with van der Waals surface area (Å²) in [4.78, 5) is 8.67. The smallest absolute Gasteiger partial charge is 0.138 e. The predicted octanol–water partition coefficient (Wildman–Crippen LogP) is 1.95. The van der Waals surface area contributed by atoms with E-state index in [9.17, 15) is 0 Å². The summed E-state index contributed by atoms with van der Waals surface area (Å²) >= 11 is 0. The lowest BCUT2D eigenvalue weighted by molar-refractivity contribution is 0.437. The molecule has 1 N–H and O–H groups in total. The molecule has 0 saturated heterocycles. The summed E-state index contributed by atoms with van der Waals surface area (Å²) in [5.74, 6) is 1.59. The summed E-state index contributed by atoms with van der Waals surface area (Å²) in [6, 6.07) is 0.215. The van der Waals surface area contributed by atoms with Gasteiger partial charge in [0.15, 0.2) is 0 Å². The molecule has 2 heterocycles. The SMILES string of the molecule is CCCNC(Cc1ncnn1CC(C)C)c1cncn1C. The summed E-state index contributed by atoms with van der Waals surface area (Å²) in [5, 5.41) is 7.94. The van der Waals surface area contributed by atoms with Crippen molar-refractivity contribution >= 4 is 0 Å². The normalized spacial score (nSPS) is 13.0. The Hall–Kier alpha value is -1.69. The third kappa shape index (κ3) is 4.14. The molecule has 6 heteroatoms. The molecule has 0 aliphatic heterocycles. The molecular weight excluding hydrogens is 264 g/mol. The van der Waals surface area contributed by atoms with Crippen LogP contribution in [-0.2, 0) is 20.0 Å². The maximum absolute atomic E-state index is 4.44. The Morgan fingerprint density at radius 3 is 2.76 bits per heavy atom. The molecule has 0 aromatic carbocycles. The first-order valence-electron chi connectivity index (χ1n) is 7.68. The van der Waals surface area contributed by atoms with Gasteiger partial charge in [-0.1, -0.05) is 20.8 Å². The third-order valence-corrected chi connectivity index (χ3v) is 3.47. The second-order valence-electron chi connectivity index (χ2n) is 5.89. The molecule has 2 rings (SSSR count). The van der Waals surface area contributed by atoms with Crippen LogP contribution in [0.3, 0.4) is 0 Å². The number of imidazole rings is 1. The zero-order valence-corrected chi connectivity index (χ0v) is 13.5. The Balaban J connectivity index is 2.15. The first kappa shape index (κ1) is 15.7. The summed E-state index contributed by atoms with van der Waals surface area (Å²) in [5.41, 5.74) is 1.18. The molecule has 2 aromatic heterocycles. The van der Waals surface area contributed by atoms with Crippen LogP contribution in [0.5, 0.6) is 0 Å². The van der Waals surface area contributed by atoms with Crippen LogP contribution in [0.15, 0.2) is 18.9 Å². The summed E-state index contributed by atoms with van der Waals surface area (Å²) in [6.07, 6.45) is 7.35. The van der Waals surface area contributed by atoms with Crippen molar-refractivity contribution in [3.63, 3.8) is 0 Å². The van der Waals surface area contributed by atoms with Crippen LogP contribution in [0.4, 0.5) is 0 Å². The molecule has 21 heavy (non-hydrogen) atoms. The standard InChI is InChI=1S/C15H26N6/c1-5-6-17-13(14-8-16-11-20(14)4)7-15-18-10-19-21(15)9-12(2)3/h8,10-13,17H,5-7,9H2,1-4H3. The van der Waals surface area contributed by atoms with Gasteiger partial charge >= 0.3 is 0 Å². The maximum Gasteiger partial charge on any atom is 0.138 e. The van der Waals surface area contributed by atoms with Gasteiger partial charge in [0.1, 0.15) is 12.2 Å². The van der Waals surface area contributed by atoms with Crippen LogP contribution in [0.1, 0.15) is 44.8 Å². The van der Waals surface area contributed by atoms with E-state index in [1.54, 1.807) is 6.33 Å². The molecule has 0 aliphatic carbocycles. The summed E-state index contributed by atoms with van der Waals surface area (Å²) < 4.78 is 4.08. The Bertz CT molecular complexity index is 542. The fraction of sp³-hybridized carbons (Fsp3) is 0.667. The van der Waals surface area contributed by atoms with E-state index in [4.69, 9.17) is 0 Å². The van der Waals surface area contributed by atoms with Crippen molar-refractivity contribution in [1.82, 2.24) is 29.6 Å². The largest absolute Gasteiger partial charge is 0.336 e. The average molecular weight is 290 g/mol. The minimum Gasteiger partial charge on any atom is -0.336 e. The van der Waals surface area contributed by atoms with Crippen LogP contribution >= 0.6 is 0 Å². The topological polar surface area (TPSA) is 60.6 Å². The molecule has 6 nitrogen and oxygen atoms in total. The van der Waals surface area contributed by atoms with Gasteiger partial charge in [0, 0.05) is 26.2 Å². The zero-order chi connectivity index (χ0) is 15.2. The van der Waals surface area contributed by atoms with Crippen molar-refractivity contribution in [3.05, 3.63) is 30.4 Å². The zero-order valence-electron chi connectivity index (χ0n) is 13.5. The molecule has 0 bridgehead atoms. The monoisotopic (exact) mass is 290 g/mol. The molecule has 1 atom stereocenters. The fourth-order valence-corrected chi connectivity index (χ4v) is 2.43. The highest BCUT2D eigenvalue weighted by molar-refractivity contribution is 5.08. The van der Waals surface area contributed by atoms with Crippen molar-refractivity contribution < 1.29 is 0 Å². The van der Waals surface area contributed by atoms with E-state index in [1.165, 1.54) is 5.69 Å². The van der Waals surface area contributed by atoms with Gasteiger partial charge < -0.3 is 9.88 Å². The van der Waals surface area contributed by atoms with Crippen molar-refractivity contribution in [2.75, 3.05) is 6.54 Å². The van der Waals surface area contributed by atoms with Gasteiger partial charge in [-0.05, 0) is 18.9 Å². The van der Waals surface area contributed by atoms with Crippen molar-refractivity contribution in [3.8, 4) is 0 Å². The first-order valence-corrected chi connectivity index (χ1v) is 7.68. The van der Waals surface area contributed by atoms with Gasteiger partial charge in [-0.2, -0.15) is 5.10 Å². The van der Waals surface area contributed by atoms with E-state index in [2.05, 4.69) is 45.7 Å². The van der Waals surface area contributed by atoms with Gasteiger partial charge in [0.05, 0.1) is 18.1 Å². The fourth-order valence-electron chi connectivity index (χ4n) is 2.43. The minimum atomic E-state index is 0.215. The number of hydrogen-bond donors (Lipinski definition) is 1. The quantitative estimate of drug-likeness (QED) is 0.807. The van der Waals surface area contributed by atoms with Crippen LogP contribution in [0.2, 0.25) is 0 Å². The second-order valence-corrected chi connectivity index (χ2v) is 5.89. The average Bonchev–Trinajstić information content (AvgIpc) is 3.03. The summed E-state index contributed by atoms with van der Waals surface area (Å²) in [6.45, 7) is 8.45. The second kappa shape index (κ2) is 7.36. The predicted molar refractivity (Wildman–Crippen MR) is 82.8 cm³/mol. The van der Waals surface area contributed by atoms with Gasteiger partial charge in [0.2, 0.25) is 0 Å². The Morgan fingerprint density at radius 2 is 2.14 bits per heavy atom.